The van der Waals surface area contributed by atoms with Crippen LogP contribution in [-0.2, 0) is 9.59 Å². The number of hydrogen-bond donors (Lipinski definition) is 0. The van der Waals surface area contributed by atoms with Crippen LogP contribution in [0.15, 0.2) is 0 Å². The highest BCUT2D eigenvalue weighted by Crippen LogP contribution is 2.03. The Morgan fingerprint density at radius 2 is 1.72 bits per heavy atom. The summed E-state index contributed by atoms with van der Waals surface area (Å²) in [5.41, 5.74) is 0. The van der Waals surface area contributed by atoms with Gasteiger partial charge in [0, 0.05) is 39.8 Å². The van der Waals surface area contributed by atoms with Crippen LogP contribution in [-0.4, -0.2) is 72.8 Å². The fourth-order valence-corrected chi connectivity index (χ4v) is 2.06. The minimum Gasteiger partial charge on any atom is -0.338 e. The molecule has 0 radical (unpaired) electrons. The summed E-state index contributed by atoms with van der Waals surface area (Å²) in [6, 6.07) is 0. The van der Waals surface area contributed by atoms with E-state index < -0.39 is 0 Å². The molecule has 2 amide bonds. The van der Waals surface area contributed by atoms with Crippen molar-refractivity contribution < 1.29 is 9.59 Å². The van der Waals surface area contributed by atoms with E-state index in [0.29, 0.717) is 19.6 Å². The molecular formula is C13H25N3O2. The Kier molecular flexibility index (Phi) is 6.12. The lowest BCUT2D eigenvalue weighted by Crippen LogP contribution is -2.52. The summed E-state index contributed by atoms with van der Waals surface area (Å²) < 4.78 is 0. The molecule has 0 saturated carbocycles. The van der Waals surface area contributed by atoms with Crippen molar-refractivity contribution >= 4 is 11.8 Å². The summed E-state index contributed by atoms with van der Waals surface area (Å²) in [7, 11) is 1.71. The third-order valence-corrected chi connectivity index (χ3v) is 3.48. The summed E-state index contributed by atoms with van der Waals surface area (Å²) in [6.45, 7) is 8.93. The van der Waals surface area contributed by atoms with Crippen molar-refractivity contribution in [2.45, 2.75) is 26.7 Å². The average Bonchev–Trinajstić information content (AvgIpc) is 2.43. The molecule has 5 heteroatoms. The fourth-order valence-electron chi connectivity index (χ4n) is 2.06. The molecule has 0 atom stereocenters. The van der Waals surface area contributed by atoms with Crippen LogP contribution < -0.4 is 0 Å². The second-order valence-corrected chi connectivity index (χ2v) is 4.81. The van der Waals surface area contributed by atoms with Crippen molar-refractivity contribution in [2.24, 2.45) is 0 Å². The van der Waals surface area contributed by atoms with Crippen LogP contribution in [0, 0.1) is 0 Å². The molecule has 0 aromatic rings. The number of carbonyl (C=O) groups is 2. The normalized spacial score (nSPS) is 16.7. The summed E-state index contributed by atoms with van der Waals surface area (Å²) >= 11 is 0. The zero-order chi connectivity index (χ0) is 13.5. The maximum atomic E-state index is 12.0. The highest BCUT2D eigenvalue weighted by atomic mass is 16.2. The van der Waals surface area contributed by atoms with Gasteiger partial charge < -0.3 is 14.7 Å². The van der Waals surface area contributed by atoms with Crippen LogP contribution in [0.4, 0.5) is 0 Å². The predicted molar refractivity (Wildman–Crippen MR) is 71.2 cm³/mol. The molecule has 1 heterocycles. The van der Waals surface area contributed by atoms with Gasteiger partial charge in [0.25, 0.3) is 0 Å². The minimum absolute atomic E-state index is 0.343. The Bertz CT molecular complexity index is 286. The smallest absolute Gasteiger partial charge is 0.312 e. The number of carbonyl (C=O) groups excluding carboxylic acids is 2. The third-order valence-electron chi connectivity index (χ3n) is 3.48. The molecule has 0 bridgehead atoms. The summed E-state index contributed by atoms with van der Waals surface area (Å²) in [5, 5.41) is 0. The third kappa shape index (κ3) is 3.98. The molecule has 1 aliphatic heterocycles. The molecule has 1 fully saturated rings. The molecule has 104 valence electrons. The van der Waals surface area contributed by atoms with E-state index in [0.717, 1.165) is 32.5 Å². The number of hydrogen-bond acceptors (Lipinski definition) is 3. The van der Waals surface area contributed by atoms with Crippen molar-refractivity contribution in [3.63, 3.8) is 0 Å². The van der Waals surface area contributed by atoms with Gasteiger partial charge in [-0.2, -0.15) is 0 Å². The summed E-state index contributed by atoms with van der Waals surface area (Å²) in [4.78, 5) is 29.4. The van der Waals surface area contributed by atoms with Gasteiger partial charge in [-0.25, -0.2) is 0 Å². The first-order chi connectivity index (χ1) is 8.60. The van der Waals surface area contributed by atoms with Crippen LogP contribution in [0.2, 0.25) is 0 Å². The lowest BCUT2D eigenvalue weighted by atomic mass is 10.3. The number of piperazine rings is 1. The Balaban J connectivity index is 2.42. The number of rotatable bonds is 4. The van der Waals surface area contributed by atoms with Crippen molar-refractivity contribution in [3.05, 3.63) is 0 Å². The number of likely N-dealkylation sites (N-methyl/N-ethyl adjacent to an activating group) is 2. The van der Waals surface area contributed by atoms with Gasteiger partial charge in [-0.1, -0.05) is 20.3 Å². The van der Waals surface area contributed by atoms with Crippen molar-refractivity contribution in [1.29, 1.82) is 0 Å². The van der Waals surface area contributed by atoms with Crippen molar-refractivity contribution in [3.8, 4) is 0 Å². The van der Waals surface area contributed by atoms with E-state index in [1.807, 2.05) is 0 Å². The van der Waals surface area contributed by atoms with Gasteiger partial charge in [0.15, 0.2) is 0 Å². The van der Waals surface area contributed by atoms with E-state index in [1.54, 1.807) is 11.9 Å². The first-order valence-corrected chi connectivity index (χ1v) is 6.86. The maximum Gasteiger partial charge on any atom is 0.312 e. The molecule has 0 unspecified atom stereocenters. The predicted octanol–water partition coefficient (Wildman–Crippen LogP) is 0.409. The molecule has 1 rings (SSSR count). The molecule has 5 nitrogen and oxygen atoms in total. The van der Waals surface area contributed by atoms with Crippen LogP contribution >= 0.6 is 0 Å². The topological polar surface area (TPSA) is 43.9 Å². The first-order valence-electron chi connectivity index (χ1n) is 6.86. The number of unbranched alkanes of at least 4 members (excludes halogenated alkanes) is 1. The SMILES string of the molecule is CCCCN(C)C(=O)C(=O)N1CCN(CC)CC1. The van der Waals surface area contributed by atoms with Crippen LogP contribution in [0.1, 0.15) is 26.7 Å². The minimum atomic E-state index is -0.367. The quantitative estimate of drug-likeness (QED) is 0.683. The number of amides is 2. The largest absolute Gasteiger partial charge is 0.338 e. The van der Waals surface area contributed by atoms with E-state index >= 15 is 0 Å². The zero-order valence-corrected chi connectivity index (χ0v) is 11.8. The van der Waals surface area contributed by atoms with Gasteiger partial charge in [-0.15, -0.1) is 0 Å². The van der Waals surface area contributed by atoms with Gasteiger partial charge in [0.1, 0.15) is 0 Å². The van der Waals surface area contributed by atoms with Crippen LogP contribution in [0.5, 0.6) is 0 Å². The Morgan fingerprint density at radius 1 is 1.11 bits per heavy atom. The van der Waals surface area contributed by atoms with E-state index in [4.69, 9.17) is 0 Å². The van der Waals surface area contributed by atoms with E-state index in [2.05, 4.69) is 18.7 Å². The van der Waals surface area contributed by atoms with E-state index in [-0.39, 0.29) is 11.8 Å². The second-order valence-electron chi connectivity index (χ2n) is 4.81. The second kappa shape index (κ2) is 7.36. The molecule has 1 saturated heterocycles. The molecule has 0 N–H and O–H groups in total. The Morgan fingerprint density at radius 3 is 2.22 bits per heavy atom. The standard InChI is InChI=1S/C13H25N3O2/c1-4-6-7-14(3)12(17)13(18)16-10-8-15(5-2)9-11-16/h4-11H2,1-3H3. The van der Waals surface area contributed by atoms with Gasteiger partial charge >= 0.3 is 11.8 Å². The van der Waals surface area contributed by atoms with E-state index in [9.17, 15) is 9.59 Å². The van der Waals surface area contributed by atoms with Gasteiger partial charge in [-0.05, 0) is 13.0 Å². The van der Waals surface area contributed by atoms with Gasteiger partial charge in [0.05, 0.1) is 0 Å². The summed E-state index contributed by atoms with van der Waals surface area (Å²) in [6.07, 6.45) is 1.97. The first kappa shape index (κ1) is 15.0. The van der Waals surface area contributed by atoms with Crippen molar-refractivity contribution in [1.82, 2.24) is 14.7 Å². The van der Waals surface area contributed by atoms with Crippen LogP contribution in [0.3, 0.4) is 0 Å². The lowest BCUT2D eigenvalue weighted by Gasteiger charge is -2.34. The van der Waals surface area contributed by atoms with Crippen LogP contribution in [0.25, 0.3) is 0 Å². The van der Waals surface area contributed by atoms with Crippen molar-refractivity contribution in [2.75, 3.05) is 46.3 Å². The van der Waals surface area contributed by atoms with Gasteiger partial charge in [-0.3, -0.25) is 9.59 Å². The Hall–Kier alpha value is -1.10. The summed E-state index contributed by atoms with van der Waals surface area (Å²) in [5.74, 6) is -0.710. The molecule has 18 heavy (non-hydrogen) atoms. The fraction of sp³-hybridized carbons (Fsp3) is 0.846. The highest BCUT2D eigenvalue weighted by Gasteiger charge is 2.27. The molecular weight excluding hydrogens is 230 g/mol. The maximum absolute atomic E-state index is 12.0. The van der Waals surface area contributed by atoms with E-state index in [1.165, 1.54) is 4.90 Å². The molecule has 0 spiro atoms. The molecule has 1 aliphatic rings. The lowest BCUT2D eigenvalue weighted by molar-refractivity contribution is -0.152. The molecule has 0 aromatic heterocycles. The molecule has 0 aliphatic carbocycles. The zero-order valence-electron chi connectivity index (χ0n) is 11.8. The Labute approximate surface area is 110 Å². The highest BCUT2D eigenvalue weighted by molar-refractivity contribution is 6.34. The number of nitrogens with zero attached hydrogens (tertiary/aromatic N) is 3. The molecule has 0 aromatic carbocycles. The average molecular weight is 255 g/mol. The van der Waals surface area contributed by atoms with Gasteiger partial charge in [0.2, 0.25) is 0 Å². The monoisotopic (exact) mass is 255 g/mol.